The van der Waals surface area contributed by atoms with Gasteiger partial charge in [0.1, 0.15) is 23.0 Å². The fourth-order valence-corrected chi connectivity index (χ4v) is 3.88. The topological polar surface area (TPSA) is 91.7 Å². The van der Waals surface area contributed by atoms with Gasteiger partial charge in [0.2, 0.25) is 5.91 Å². The Morgan fingerprint density at radius 2 is 1.94 bits per heavy atom. The van der Waals surface area contributed by atoms with Gasteiger partial charge < -0.3 is 24.6 Å². The largest absolute Gasteiger partial charge is 0.497 e. The van der Waals surface area contributed by atoms with E-state index in [1.807, 2.05) is 66.5 Å². The molecule has 1 aliphatic rings. The minimum absolute atomic E-state index is 0.0184. The van der Waals surface area contributed by atoms with Crippen LogP contribution >= 0.6 is 0 Å². The number of aliphatic imine (C=N–C) groups is 2. The van der Waals surface area contributed by atoms with Crippen LogP contribution < -0.4 is 19.7 Å². The second-order valence-corrected chi connectivity index (χ2v) is 8.54. The smallest absolute Gasteiger partial charge is 0.220 e. The average Bonchev–Trinajstić information content (AvgIpc) is 3.30. The summed E-state index contributed by atoms with van der Waals surface area (Å²) >= 11 is 0. The molecule has 1 unspecified atom stereocenters. The van der Waals surface area contributed by atoms with Crippen molar-refractivity contribution in [3.05, 3.63) is 54.8 Å². The zero-order valence-corrected chi connectivity index (χ0v) is 21.4. The first-order chi connectivity index (χ1) is 17.4. The molecular formula is C27H34N6O3. The third kappa shape index (κ3) is 6.94. The third-order valence-electron chi connectivity index (χ3n) is 5.65. The minimum atomic E-state index is -0.0184. The maximum Gasteiger partial charge on any atom is 0.220 e. The quantitative estimate of drug-likeness (QED) is 0.346. The zero-order chi connectivity index (χ0) is 26.1. The van der Waals surface area contributed by atoms with Crippen LogP contribution in [0, 0.1) is 0 Å². The fraction of sp³-hybridized carbons (Fsp3) is 0.333. The number of nitrogens with zero attached hydrogens (tertiary/aromatic N) is 5. The maximum atomic E-state index is 11.8. The van der Waals surface area contributed by atoms with Gasteiger partial charge in [-0.2, -0.15) is 0 Å². The molecule has 0 radical (unpaired) electrons. The van der Waals surface area contributed by atoms with Crippen molar-refractivity contribution < 1.29 is 14.3 Å². The predicted octanol–water partition coefficient (Wildman–Crippen LogP) is 4.57. The number of aromatic nitrogens is 1. The molecule has 1 aliphatic heterocycles. The van der Waals surface area contributed by atoms with Crippen LogP contribution in [0.5, 0.6) is 11.5 Å². The van der Waals surface area contributed by atoms with E-state index in [0.29, 0.717) is 48.2 Å². The number of carbonyl (C=O) groups excluding carboxylic acids is 1. The Balaban J connectivity index is 1.96. The Bertz CT molecular complexity index is 1140. The first-order valence-electron chi connectivity index (χ1n) is 11.7. The summed E-state index contributed by atoms with van der Waals surface area (Å²) in [5.41, 5.74) is 2.47. The van der Waals surface area contributed by atoms with E-state index in [4.69, 9.17) is 14.5 Å². The molecular weight excluding hydrogens is 456 g/mol. The number of benzene rings is 1. The van der Waals surface area contributed by atoms with E-state index in [-0.39, 0.29) is 11.9 Å². The SMILES string of the molecule is C=C/C(=C\N(C)C)CC=Nc1ccc(N(CC2CCC(=O)N2)c2cc(OC)cc(OC)c2)nc1N=C. The number of hydrogen-bond acceptors (Lipinski definition) is 8. The van der Waals surface area contributed by atoms with Gasteiger partial charge in [0.05, 0.1) is 14.2 Å². The summed E-state index contributed by atoms with van der Waals surface area (Å²) in [6.07, 6.45) is 7.49. The van der Waals surface area contributed by atoms with E-state index in [1.54, 1.807) is 20.4 Å². The third-order valence-corrected chi connectivity index (χ3v) is 5.65. The molecule has 1 amide bonds. The Morgan fingerprint density at radius 1 is 1.22 bits per heavy atom. The van der Waals surface area contributed by atoms with Crippen LogP contribution in [0.4, 0.5) is 23.0 Å². The highest BCUT2D eigenvalue weighted by Crippen LogP contribution is 2.35. The van der Waals surface area contributed by atoms with Gasteiger partial charge in [-0.3, -0.25) is 9.79 Å². The molecule has 2 heterocycles. The molecule has 9 nitrogen and oxygen atoms in total. The van der Waals surface area contributed by atoms with Crippen LogP contribution in [0.25, 0.3) is 0 Å². The van der Waals surface area contributed by atoms with E-state index >= 15 is 0 Å². The number of allylic oxidation sites excluding steroid dienone is 2. The van der Waals surface area contributed by atoms with E-state index in [9.17, 15) is 4.79 Å². The number of nitrogens with one attached hydrogen (secondary N) is 1. The highest BCUT2D eigenvalue weighted by atomic mass is 16.5. The van der Waals surface area contributed by atoms with Crippen molar-refractivity contribution in [3.8, 4) is 11.5 Å². The molecule has 2 aromatic rings. The number of pyridine rings is 1. The number of methoxy groups -OCH3 is 2. The molecule has 1 fully saturated rings. The normalized spacial score (nSPS) is 15.5. The molecule has 1 aromatic carbocycles. The summed E-state index contributed by atoms with van der Waals surface area (Å²) in [5.74, 6) is 2.41. The number of ether oxygens (including phenoxy) is 2. The summed E-state index contributed by atoms with van der Waals surface area (Å²) in [4.78, 5) is 29.3. The second-order valence-electron chi connectivity index (χ2n) is 8.54. The molecule has 36 heavy (non-hydrogen) atoms. The van der Waals surface area contributed by atoms with E-state index < -0.39 is 0 Å². The van der Waals surface area contributed by atoms with Crippen molar-refractivity contribution in [3.63, 3.8) is 0 Å². The molecule has 3 rings (SSSR count). The number of anilines is 2. The molecule has 1 atom stereocenters. The standard InChI is InChI=1S/C27H34N6O3/c1-7-19(17-32(3)4)12-13-29-24-9-10-25(31-27(24)28-2)33(18-20-8-11-26(34)30-20)21-14-22(35-5)16-23(15-21)36-6/h7,9-10,13-17,20H,1-2,8,11-12,18H2,3-6H3,(H,30,34)/b19-17+,29-13?. The lowest BCUT2D eigenvalue weighted by molar-refractivity contribution is -0.119. The van der Waals surface area contributed by atoms with E-state index in [2.05, 4.69) is 28.6 Å². The molecule has 190 valence electrons. The summed E-state index contributed by atoms with van der Waals surface area (Å²) in [7, 11) is 7.14. The van der Waals surface area contributed by atoms with Crippen molar-refractivity contribution in [1.29, 1.82) is 0 Å². The highest BCUT2D eigenvalue weighted by molar-refractivity contribution is 5.79. The minimum Gasteiger partial charge on any atom is -0.497 e. The Morgan fingerprint density at radius 3 is 2.50 bits per heavy atom. The van der Waals surface area contributed by atoms with Gasteiger partial charge in [-0.15, -0.1) is 0 Å². The van der Waals surface area contributed by atoms with Crippen LogP contribution in [-0.2, 0) is 4.79 Å². The molecule has 1 saturated heterocycles. The van der Waals surface area contributed by atoms with Gasteiger partial charge in [-0.25, -0.2) is 9.98 Å². The maximum absolute atomic E-state index is 11.8. The highest BCUT2D eigenvalue weighted by Gasteiger charge is 2.25. The van der Waals surface area contributed by atoms with Crippen molar-refractivity contribution in [2.24, 2.45) is 9.98 Å². The van der Waals surface area contributed by atoms with Crippen LogP contribution in [0.1, 0.15) is 19.3 Å². The molecule has 0 aliphatic carbocycles. The van der Waals surface area contributed by atoms with Crippen molar-refractivity contribution in [1.82, 2.24) is 15.2 Å². The summed E-state index contributed by atoms with van der Waals surface area (Å²) in [6.45, 7) is 8.07. The van der Waals surface area contributed by atoms with Crippen molar-refractivity contribution in [2.75, 3.05) is 39.8 Å². The summed E-state index contributed by atoms with van der Waals surface area (Å²) in [5, 5.41) is 3.03. The Labute approximate surface area is 212 Å². The van der Waals surface area contributed by atoms with Crippen molar-refractivity contribution in [2.45, 2.75) is 25.3 Å². The van der Waals surface area contributed by atoms with Gasteiger partial charge in [0.15, 0.2) is 5.82 Å². The Hall–Kier alpha value is -4.14. The number of hydrogen-bond donors (Lipinski definition) is 1. The lowest BCUT2D eigenvalue weighted by Crippen LogP contribution is -2.36. The Kier molecular flexibility index (Phi) is 9.21. The van der Waals surface area contributed by atoms with Gasteiger partial charge in [-0.05, 0) is 30.8 Å². The molecule has 1 aromatic heterocycles. The monoisotopic (exact) mass is 490 g/mol. The van der Waals surface area contributed by atoms with Gasteiger partial charge >= 0.3 is 0 Å². The molecule has 0 saturated carbocycles. The molecule has 1 N–H and O–H groups in total. The number of carbonyl (C=O) groups is 1. The van der Waals surface area contributed by atoms with Crippen LogP contribution in [-0.4, -0.2) is 69.6 Å². The average molecular weight is 491 g/mol. The number of rotatable bonds is 12. The molecule has 9 heteroatoms. The lowest BCUT2D eigenvalue weighted by Gasteiger charge is -2.28. The lowest BCUT2D eigenvalue weighted by atomic mass is 10.1. The first kappa shape index (κ1) is 26.5. The second kappa shape index (κ2) is 12.5. The van der Waals surface area contributed by atoms with Crippen LogP contribution in [0.15, 0.2) is 64.7 Å². The van der Waals surface area contributed by atoms with E-state index in [0.717, 1.165) is 17.7 Å². The molecule has 0 spiro atoms. The van der Waals surface area contributed by atoms with Gasteiger partial charge in [-0.1, -0.05) is 12.7 Å². The summed E-state index contributed by atoms with van der Waals surface area (Å²) < 4.78 is 10.9. The predicted molar refractivity (Wildman–Crippen MR) is 146 cm³/mol. The molecule has 0 bridgehead atoms. The van der Waals surface area contributed by atoms with Crippen molar-refractivity contribution >= 4 is 41.8 Å². The van der Waals surface area contributed by atoms with Gasteiger partial charge in [0, 0.05) is 75.8 Å². The van der Waals surface area contributed by atoms with Gasteiger partial charge in [0.25, 0.3) is 0 Å². The zero-order valence-electron chi connectivity index (χ0n) is 21.4. The van der Waals surface area contributed by atoms with Crippen LogP contribution in [0.3, 0.4) is 0 Å². The fourth-order valence-electron chi connectivity index (χ4n) is 3.88. The van der Waals surface area contributed by atoms with E-state index in [1.165, 1.54) is 0 Å². The first-order valence-corrected chi connectivity index (χ1v) is 11.7. The number of amides is 1. The van der Waals surface area contributed by atoms with Crippen LogP contribution in [0.2, 0.25) is 0 Å². The summed E-state index contributed by atoms with van der Waals surface area (Å²) in [6, 6.07) is 9.35.